The number of aliphatic hydroxyl groups excluding tert-OH is 1. The molecular weight excluding hydrogens is 260 g/mol. The van der Waals surface area contributed by atoms with Crippen molar-refractivity contribution in [2.24, 2.45) is 0 Å². The number of methoxy groups -OCH3 is 1. The zero-order chi connectivity index (χ0) is 14.4. The normalized spacial score (nSPS) is 12.3. The molecule has 0 saturated heterocycles. The minimum absolute atomic E-state index is 0.305. The molecule has 0 aliphatic heterocycles. The third-order valence-electron chi connectivity index (χ3n) is 2.71. The molecule has 0 amide bonds. The van der Waals surface area contributed by atoms with E-state index in [1.807, 2.05) is 0 Å². The molecule has 1 unspecified atom stereocenters. The highest BCUT2D eigenvalue weighted by Crippen LogP contribution is 2.20. The molecular formula is C12H18N6O2. The Morgan fingerprint density at radius 3 is 3.05 bits per heavy atom. The number of aromatic nitrogens is 4. The highest BCUT2D eigenvalue weighted by atomic mass is 16.5. The lowest BCUT2D eigenvalue weighted by atomic mass is 10.2. The molecule has 0 bridgehead atoms. The highest BCUT2D eigenvalue weighted by molar-refractivity contribution is 5.68. The molecule has 0 radical (unpaired) electrons. The van der Waals surface area contributed by atoms with Crippen LogP contribution in [-0.4, -0.2) is 51.2 Å². The second-order valence-corrected chi connectivity index (χ2v) is 4.23. The van der Waals surface area contributed by atoms with E-state index >= 15 is 0 Å². The van der Waals surface area contributed by atoms with Crippen molar-refractivity contribution >= 4 is 11.5 Å². The molecule has 0 aliphatic carbocycles. The minimum atomic E-state index is -0.513. The summed E-state index contributed by atoms with van der Waals surface area (Å²) >= 11 is 0. The monoisotopic (exact) mass is 278 g/mol. The Bertz CT molecular complexity index is 531. The summed E-state index contributed by atoms with van der Waals surface area (Å²) in [4.78, 5) is 8.20. The van der Waals surface area contributed by atoms with Crippen molar-refractivity contribution in [3.63, 3.8) is 0 Å². The van der Waals surface area contributed by atoms with Gasteiger partial charge in [-0.25, -0.2) is 14.6 Å². The maximum Gasteiger partial charge on any atom is 0.181 e. The Labute approximate surface area is 116 Å². The lowest BCUT2D eigenvalue weighted by Crippen LogP contribution is -2.19. The van der Waals surface area contributed by atoms with Crippen LogP contribution in [-0.2, 0) is 4.74 Å². The summed E-state index contributed by atoms with van der Waals surface area (Å²) in [7, 11) is 1.55. The molecule has 8 heteroatoms. The molecule has 0 saturated carbocycles. The van der Waals surface area contributed by atoms with E-state index in [2.05, 4.69) is 20.4 Å². The van der Waals surface area contributed by atoms with Crippen LogP contribution < -0.4 is 11.1 Å². The minimum Gasteiger partial charge on any atom is -0.393 e. The van der Waals surface area contributed by atoms with Gasteiger partial charge in [-0.05, 0) is 12.5 Å². The zero-order valence-corrected chi connectivity index (χ0v) is 11.2. The van der Waals surface area contributed by atoms with Crippen molar-refractivity contribution in [3.8, 4) is 5.82 Å². The summed E-state index contributed by atoms with van der Waals surface area (Å²) in [5.74, 6) is 1.04. The number of nitrogen functional groups attached to an aromatic ring is 1. The van der Waals surface area contributed by atoms with Gasteiger partial charge in [0.05, 0.1) is 12.7 Å². The van der Waals surface area contributed by atoms with Gasteiger partial charge in [-0.15, -0.1) is 0 Å². The van der Waals surface area contributed by atoms with E-state index in [1.54, 1.807) is 30.3 Å². The molecule has 2 heterocycles. The number of nitrogens with two attached hydrogens (primary N) is 1. The highest BCUT2D eigenvalue weighted by Gasteiger charge is 2.10. The van der Waals surface area contributed by atoms with Gasteiger partial charge in [0.1, 0.15) is 12.0 Å². The van der Waals surface area contributed by atoms with Gasteiger partial charge in [0.2, 0.25) is 0 Å². The smallest absolute Gasteiger partial charge is 0.181 e. The van der Waals surface area contributed by atoms with E-state index in [1.165, 1.54) is 6.33 Å². The zero-order valence-electron chi connectivity index (χ0n) is 11.2. The Kier molecular flexibility index (Phi) is 4.85. The Balaban J connectivity index is 2.01. The largest absolute Gasteiger partial charge is 0.393 e. The fraction of sp³-hybridized carbons (Fsp3) is 0.417. The van der Waals surface area contributed by atoms with Gasteiger partial charge >= 0.3 is 0 Å². The van der Waals surface area contributed by atoms with Crippen molar-refractivity contribution < 1.29 is 9.84 Å². The van der Waals surface area contributed by atoms with Gasteiger partial charge < -0.3 is 20.9 Å². The Morgan fingerprint density at radius 2 is 2.35 bits per heavy atom. The number of nitrogens with zero attached hydrogens (tertiary/aromatic N) is 4. The molecule has 0 aliphatic rings. The van der Waals surface area contributed by atoms with Crippen LogP contribution in [0.15, 0.2) is 24.8 Å². The summed E-state index contributed by atoms with van der Waals surface area (Å²) in [6.45, 7) is 0.837. The molecule has 1 atom stereocenters. The van der Waals surface area contributed by atoms with Crippen molar-refractivity contribution in [3.05, 3.63) is 24.8 Å². The standard InChI is InChI=1S/C12H18N6O2/c1-20-7-9(19)3-5-14-11-10(13)12(16-8-15-11)18-6-2-4-17-18/h2,4,6,8-9,19H,3,5,7,13H2,1H3,(H,14,15,16). The molecule has 0 fully saturated rings. The van der Waals surface area contributed by atoms with Crippen LogP contribution in [0.5, 0.6) is 0 Å². The first kappa shape index (κ1) is 14.2. The first-order valence-corrected chi connectivity index (χ1v) is 6.23. The number of hydrogen-bond acceptors (Lipinski definition) is 7. The van der Waals surface area contributed by atoms with Gasteiger partial charge in [0.15, 0.2) is 11.6 Å². The van der Waals surface area contributed by atoms with Crippen LogP contribution in [0.2, 0.25) is 0 Å². The molecule has 0 spiro atoms. The number of anilines is 2. The average molecular weight is 278 g/mol. The third kappa shape index (κ3) is 3.43. The lowest BCUT2D eigenvalue weighted by molar-refractivity contribution is 0.0615. The summed E-state index contributed by atoms with van der Waals surface area (Å²) < 4.78 is 6.43. The van der Waals surface area contributed by atoms with Crippen LogP contribution >= 0.6 is 0 Å². The first-order valence-electron chi connectivity index (χ1n) is 6.23. The second kappa shape index (κ2) is 6.83. The maximum absolute atomic E-state index is 9.56. The number of rotatable bonds is 7. The van der Waals surface area contributed by atoms with E-state index in [4.69, 9.17) is 10.5 Å². The molecule has 8 nitrogen and oxygen atoms in total. The van der Waals surface area contributed by atoms with Gasteiger partial charge in [0, 0.05) is 26.0 Å². The van der Waals surface area contributed by atoms with Crippen LogP contribution in [0.3, 0.4) is 0 Å². The first-order chi connectivity index (χ1) is 9.72. The predicted molar refractivity (Wildman–Crippen MR) is 74.6 cm³/mol. The fourth-order valence-corrected chi connectivity index (χ4v) is 1.74. The van der Waals surface area contributed by atoms with Crippen molar-refractivity contribution in [2.45, 2.75) is 12.5 Å². The van der Waals surface area contributed by atoms with E-state index in [9.17, 15) is 5.11 Å². The van der Waals surface area contributed by atoms with Gasteiger partial charge in [-0.2, -0.15) is 5.10 Å². The van der Waals surface area contributed by atoms with Crippen LogP contribution in [0, 0.1) is 0 Å². The molecule has 2 rings (SSSR count). The number of aliphatic hydroxyl groups is 1. The van der Waals surface area contributed by atoms with Gasteiger partial charge in [0.25, 0.3) is 0 Å². The van der Waals surface area contributed by atoms with Crippen LogP contribution in [0.1, 0.15) is 6.42 Å². The maximum atomic E-state index is 9.56. The summed E-state index contributed by atoms with van der Waals surface area (Å²) in [5, 5.41) is 16.7. The molecule has 2 aromatic rings. The predicted octanol–water partition coefficient (Wildman–Crippen LogP) is 0.0538. The SMILES string of the molecule is COCC(O)CCNc1ncnc(-n2cccn2)c1N. The molecule has 108 valence electrons. The van der Waals surface area contributed by atoms with E-state index < -0.39 is 6.10 Å². The summed E-state index contributed by atoms with van der Waals surface area (Å²) in [6.07, 6.45) is 4.84. The van der Waals surface area contributed by atoms with Crippen LogP contribution in [0.25, 0.3) is 5.82 Å². The topological polar surface area (TPSA) is 111 Å². The fourth-order valence-electron chi connectivity index (χ4n) is 1.74. The van der Waals surface area contributed by atoms with Crippen molar-refractivity contribution in [1.29, 1.82) is 0 Å². The number of nitrogens with one attached hydrogen (secondary N) is 1. The number of hydrogen-bond donors (Lipinski definition) is 3. The number of ether oxygens (including phenoxy) is 1. The van der Waals surface area contributed by atoms with Crippen molar-refractivity contribution in [1.82, 2.24) is 19.7 Å². The quantitative estimate of drug-likeness (QED) is 0.656. The van der Waals surface area contributed by atoms with Gasteiger partial charge in [-0.3, -0.25) is 0 Å². The third-order valence-corrected chi connectivity index (χ3v) is 2.71. The van der Waals surface area contributed by atoms with E-state index in [0.29, 0.717) is 36.9 Å². The Morgan fingerprint density at radius 1 is 1.50 bits per heavy atom. The Hall–Kier alpha value is -2.19. The molecule has 20 heavy (non-hydrogen) atoms. The lowest BCUT2D eigenvalue weighted by Gasteiger charge is -2.13. The summed E-state index contributed by atoms with van der Waals surface area (Å²) in [6, 6.07) is 1.79. The van der Waals surface area contributed by atoms with E-state index in [0.717, 1.165) is 0 Å². The van der Waals surface area contributed by atoms with E-state index in [-0.39, 0.29) is 0 Å². The molecule has 2 aromatic heterocycles. The molecule has 4 N–H and O–H groups in total. The van der Waals surface area contributed by atoms with Gasteiger partial charge in [-0.1, -0.05) is 0 Å². The molecule has 0 aromatic carbocycles. The summed E-state index contributed by atoms with van der Waals surface area (Å²) in [5.41, 5.74) is 6.43. The second-order valence-electron chi connectivity index (χ2n) is 4.23. The van der Waals surface area contributed by atoms with Crippen molar-refractivity contribution in [2.75, 3.05) is 31.3 Å². The van der Waals surface area contributed by atoms with Crippen LogP contribution in [0.4, 0.5) is 11.5 Å². The average Bonchev–Trinajstić information content (AvgIpc) is 2.95.